The van der Waals surface area contributed by atoms with E-state index in [1.807, 2.05) is 24.4 Å². The van der Waals surface area contributed by atoms with Crippen LogP contribution >= 0.6 is 0 Å². The highest BCUT2D eigenvalue weighted by Gasteiger charge is 2.32. The zero-order chi connectivity index (χ0) is 16.9. The summed E-state index contributed by atoms with van der Waals surface area (Å²) >= 11 is 0. The topological polar surface area (TPSA) is 48.5 Å². The molecule has 0 unspecified atom stereocenters. The minimum absolute atomic E-state index is 0.0123. The molecule has 0 spiro atoms. The van der Waals surface area contributed by atoms with Crippen LogP contribution in [-0.4, -0.2) is 59.5 Å². The summed E-state index contributed by atoms with van der Waals surface area (Å²) in [6.45, 7) is 9.17. The van der Waals surface area contributed by atoms with E-state index in [1.54, 1.807) is 0 Å². The van der Waals surface area contributed by atoms with Gasteiger partial charge in [0.05, 0.1) is 6.04 Å². The first-order valence-corrected chi connectivity index (χ1v) is 9.31. The van der Waals surface area contributed by atoms with Crippen LogP contribution < -0.4 is 5.32 Å². The van der Waals surface area contributed by atoms with E-state index in [1.165, 1.54) is 0 Å². The van der Waals surface area contributed by atoms with Gasteiger partial charge in [0.25, 0.3) is 0 Å². The molecule has 2 aliphatic heterocycles. The molecule has 0 aromatic carbocycles. The fraction of sp³-hybridized carbons (Fsp3) is 0.684. The van der Waals surface area contributed by atoms with E-state index in [2.05, 4.69) is 33.9 Å². The summed E-state index contributed by atoms with van der Waals surface area (Å²) in [5, 5.41) is 3.41. The van der Waals surface area contributed by atoms with Crippen molar-refractivity contribution in [2.45, 2.75) is 39.2 Å². The SMILES string of the molecule is CC1CCN(C(=O)[C@H](C)N2CC[C@@H](CNc3ccccn3)C2)CC1. The van der Waals surface area contributed by atoms with Crippen LogP contribution in [0.5, 0.6) is 0 Å². The Kier molecular flexibility index (Phi) is 5.72. The third kappa shape index (κ3) is 4.26. The van der Waals surface area contributed by atoms with Crippen molar-refractivity contribution in [2.24, 2.45) is 11.8 Å². The summed E-state index contributed by atoms with van der Waals surface area (Å²) in [6.07, 6.45) is 5.25. The van der Waals surface area contributed by atoms with Crippen molar-refractivity contribution in [2.75, 3.05) is 38.0 Å². The molecule has 1 aromatic heterocycles. The highest BCUT2D eigenvalue weighted by Crippen LogP contribution is 2.22. The van der Waals surface area contributed by atoms with E-state index in [-0.39, 0.29) is 6.04 Å². The first-order chi connectivity index (χ1) is 11.6. The van der Waals surface area contributed by atoms with Crippen LogP contribution in [0.2, 0.25) is 0 Å². The normalized spacial score (nSPS) is 24.1. The summed E-state index contributed by atoms with van der Waals surface area (Å²) in [7, 11) is 0. The molecule has 3 heterocycles. The third-order valence-corrected chi connectivity index (χ3v) is 5.55. The Morgan fingerprint density at radius 1 is 1.29 bits per heavy atom. The number of aromatic nitrogens is 1. The van der Waals surface area contributed by atoms with Gasteiger partial charge in [0, 0.05) is 32.4 Å². The Morgan fingerprint density at radius 3 is 2.79 bits per heavy atom. The van der Waals surface area contributed by atoms with Crippen molar-refractivity contribution in [3.8, 4) is 0 Å². The molecule has 1 aromatic rings. The van der Waals surface area contributed by atoms with Crippen molar-refractivity contribution >= 4 is 11.7 Å². The molecule has 1 amide bonds. The quantitative estimate of drug-likeness (QED) is 0.901. The molecular weight excluding hydrogens is 300 g/mol. The minimum atomic E-state index is 0.0123. The molecule has 1 N–H and O–H groups in total. The summed E-state index contributed by atoms with van der Waals surface area (Å²) in [5.74, 6) is 2.60. The van der Waals surface area contributed by atoms with Gasteiger partial charge < -0.3 is 10.2 Å². The standard InChI is InChI=1S/C19H30N4O/c1-15-6-10-22(11-7-15)19(24)16(2)23-12-8-17(14-23)13-21-18-5-3-4-9-20-18/h3-5,9,15-17H,6-8,10-14H2,1-2H3,(H,20,21)/t16-,17-/m0/s1. The van der Waals surface area contributed by atoms with Gasteiger partial charge in [0.15, 0.2) is 0 Å². The Bertz CT molecular complexity index is 527. The third-order valence-electron chi connectivity index (χ3n) is 5.55. The predicted molar refractivity (Wildman–Crippen MR) is 96.8 cm³/mol. The van der Waals surface area contributed by atoms with Crippen molar-refractivity contribution in [1.82, 2.24) is 14.8 Å². The second kappa shape index (κ2) is 7.97. The monoisotopic (exact) mass is 330 g/mol. The van der Waals surface area contributed by atoms with E-state index in [0.29, 0.717) is 11.8 Å². The maximum atomic E-state index is 12.7. The smallest absolute Gasteiger partial charge is 0.239 e. The molecule has 2 fully saturated rings. The number of anilines is 1. The largest absolute Gasteiger partial charge is 0.370 e. The molecule has 5 heteroatoms. The van der Waals surface area contributed by atoms with E-state index in [0.717, 1.165) is 63.7 Å². The number of nitrogens with zero attached hydrogens (tertiary/aromatic N) is 3. The fourth-order valence-electron chi connectivity index (χ4n) is 3.75. The van der Waals surface area contributed by atoms with E-state index >= 15 is 0 Å². The highest BCUT2D eigenvalue weighted by molar-refractivity contribution is 5.81. The molecule has 0 radical (unpaired) electrons. The lowest BCUT2D eigenvalue weighted by Gasteiger charge is -2.34. The molecule has 5 nitrogen and oxygen atoms in total. The van der Waals surface area contributed by atoms with Gasteiger partial charge in [-0.15, -0.1) is 0 Å². The Hall–Kier alpha value is -1.62. The summed E-state index contributed by atoms with van der Waals surface area (Å²) in [5.41, 5.74) is 0. The van der Waals surface area contributed by atoms with Gasteiger partial charge in [-0.2, -0.15) is 0 Å². The number of carbonyl (C=O) groups is 1. The van der Waals surface area contributed by atoms with Crippen molar-refractivity contribution in [3.05, 3.63) is 24.4 Å². The van der Waals surface area contributed by atoms with Gasteiger partial charge in [-0.1, -0.05) is 13.0 Å². The first kappa shape index (κ1) is 17.2. The number of piperidine rings is 1. The average Bonchev–Trinajstić information content (AvgIpc) is 3.09. The van der Waals surface area contributed by atoms with Crippen LogP contribution in [0, 0.1) is 11.8 Å². The molecule has 0 saturated carbocycles. The molecule has 3 rings (SSSR count). The van der Waals surface area contributed by atoms with Crippen LogP contribution in [0.4, 0.5) is 5.82 Å². The lowest BCUT2D eigenvalue weighted by atomic mass is 9.99. The maximum Gasteiger partial charge on any atom is 0.239 e. The molecule has 24 heavy (non-hydrogen) atoms. The summed E-state index contributed by atoms with van der Waals surface area (Å²) in [4.78, 5) is 21.5. The molecule has 0 bridgehead atoms. The molecule has 2 saturated heterocycles. The second-order valence-corrected chi connectivity index (χ2v) is 7.43. The molecular formula is C19H30N4O. The van der Waals surface area contributed by atoms with Gasteiger partial charge in [0.2, 0.25) is 5.91 Å². The number of rotatable bonds is 5. The summed E-state index contributed by atoms with van der Waals surface area (Å²) < 4.78 is 0. The Balaban J connectivity index is 1.45. The predicted octanol–water partition coefficient (Wildman–Crippen LogP) is 2.46. The van der Waals surface area contributed by atoms with Crippen molar-refractivity contribution in [3.63, 3.8) is 0 Å². The molecule has 0 aliphatic carbocycles. The Morgan fingerprint density at radius 2 is 2.08 bits per heavy atom. The number of pyridine rings is 1. The lowest BCUT2D eigenvalue weighted by Crippen LogP contribution is -2.48. The van der Waals surface area contributed by atoms with Crippen molar-refractivity contribution in [1.29, 1.82) is 0 Å². The molecule has 132 valence electrons. The van der Waals surface area contributed by atoms with Crippen LogP contribution in [0.15, 0.2) is 24.4 Å². The van der Waals surface area contributed by atoms with E-state index in [9.17, 15) is 4.79 Å². The van der Waals surface area contributed by atoms with Gasteiger partial charge in [-0.25, -0.2) is 4.98 Å². The highest BCUT2D eigenvalue weighted by atomic mass is 16.2. The van der Waals surface area contributed by atoms with Crippen LogP contribution in [0.25, 0.3) is 0 Å². The van der Waals surface area contributed by atoms with Gasteiger partial charge in [-0.3, -0.25) is 9.69 Å². The zero-order valence-corrected chi connectivity index (χ0v) is 14.9. The second-order valence-electron chi connectivity index (χ2n) is 7.43. The Labute approximate surface area is 145 Å². The minimum Gasteiger partial charge on any atom is -0.370 e. The van der Waals surface area contributed by atoms with E-state index in [4.69, 9.17) is 0 Å². The number of hydrogen-bond acceptors (Lipinski definition) is 4. The number of carbonyl (C=O) groups excluding carboxylic acids is 1. The number of likely N-dealkylation sites (tertiary alicyclic amines) is 2. The number of hydrogen-bond donors (Lipinski definition) is 1. The van der Waals surface area contributed by atoms with E-state index < -0.39 is 0 Å². The van der Waals surface area contributed by atoms with Crippen molar-refractivity contribution < 1.29 is 4.79 Å². The maximum absolute atomic E-state index is 12.7. The zero-order valence-electron chi connectivity index (χ0n) is 14.9. The molecule has 2 atom stereocenters. The first-order valence-electron chi connectivity index (χ1n) is 9.31. The van der Waals surface area contributed by atoms with Gasteiger partial charge >= 0.3 is 0 Å². The van der Waals surface area contributed by atoms with Crippen LogP contribution in [-0.2, 0) is 4.79 Å². The lowest BCUT2D eigenvalue weighted by molar-refractivity contribution is -0.137. The number of amides is 1. The number of nitrogens with one attached hydrogen (secondary N) is 1. The van der Waals surface area contributed by atoms with Gasteiger partial charge in [0.1, 0.15) is 5.82 Å². The van der Waals surface area contributed by atoms with Crippen LogP contribution in [0.3, 0.4) is 0 Å². The van der Waals surface area contributed by atoms with Crippen LogP contribution in [0.1, 0.15) is 33.1 Å². The van der Waals surface area contributed by atoms with Gasteiger partial charge in [-0.05, 0) is 56.7 Å². The fourth-order valence-corrected chi connectivity index (χ4v) is 3.75. The average molecular weight is 330 g/mol. The molecule has 2 aliphatic rings. The summed E-state index contributed by atoms with van der Waals surface area (Å²) in [6, 6.07) is 5.93.